The Morgan fingerprint density at radius 2 is 2.19 bits per heavy atom. The van der Waals surface area contributed by atoms with Gasteiger partial charge in [-0.3, -0.25) is 4.79 Å². The van der Waals surface area contributed by atoms with Crippen LogP contribution in [0, 0.1) is 0 Å². The summed E-state index contributed by atoms with van der Waals surface area (Å²) in [5.74, 6) is -0.00818. The fraction of sp³-hybridized carbons (Fsp3) is 0.562. The molecule has 4 nitrogen and oxygen atoms in total. The van der Waals surface area contributed by atoms with Crippen LogP contribution in [0.25, 0.3) is 0 Å². The van der Waals surface area contributed by atoms with Gasteiger partial charge in [0.25, 0.3) is 5.91 Å². The van der Waals surface area contributed by atoms with Crippen LogP contribution in [-0.4, -0.2) is 56.0 Å². The quantitative estimate of drug-likeness (QED) is 0.929. The van der Waals surface area contributed by atoms with Crippen LogP contribution in [0.4, 0.5) is 5.69 Å². The molecule has 116 valence electrons. The lowest BCUT2D eigenvalue weighted by atomic mass is 10.0. The van der Waals surface area contributed by atoms with E-state index in [4.69, 9.17) is 11.6 Å². The van der Waals surface area contributed by atoms with E-state index in [1.165, 1.54) is 19.3 Å². The molecule has 21 heavy (non-hydrogen) atoms. The molecule has 1 aromatic rings. The zero-order chi connectivity index (χ0) is 15.4. The summed E-state index contributed by atoms with van der Waals surface area (Å²) < 4.78 is 0. The SMILES string of the molecule is CN(C)C(=O)c1ccc(Cl)cc1NCC1CCCCN1C. The van der Waals surface area contributed by atoms with Crippen molar-refractivity contribution in [1.82, 2.24) is 9.80 Å². The zero-order valence-corrected chi connectivity index (χ0v) is 13.8. The average Bonchev–Trinajstić information content (AvgIpc) is 2.46. The van der Waals surface area contributed by atoms with Crippen LogP contribution >= 0.6 is 11.6 Å². The van der Waals surface area contributed by atoms with Crippen molar-refractivity contribution in [1.29, 1.82) is 0 Å². The summed E-state index contributed by atoms with van der Waals surface area (Å²) in [5.41, 5.74) is 1.49. The highest BCUT2D eigenvalue weighted by Gasteiger charge is 2.20. The first-order valence-electron chi connectivity index (χ1n) is 7.44. The van der Waals surface area contributed by atoms with Crippen molar-refractivity contribution in [2.24, 2.45) is 0 Å². The molecule has 0 aliphatic carbocycles. The molecule has 1 heterocycles. The highest BCUT2D eigenvalue weighted by molar-refractivity contribution is 6.31. The average molecular weight is 310 g/mol. The highest BCUT2D eigenvalue weighted by Crippen LogP contribution is 2.23. The number of hydrogen-bond acceptors (Lipinski definition) is 3. The molecule has 1 saturated heterocycles. The van der Waals surface area contributed by atoms with Gasteiger partial charge in [0.15, 0.2) is 0 Å². The van der Waals surface area contributed by atoms with Crippen LogP contribution in [0.2, 0.25) is 5.02 Å². The van der Waals surface area contributed by atoms with Crippen LogP contribution in [-0.2, 0) is 0 Å². The number of nitrogens with one attached hydrogen (secondary N) is 1. The van der Waals surface area contributed by atoms with Gasteiger partial charge in [0.05, 0.1) is 5.56 Å². The van der Waals surface area contributed by atoms with Gasteiger partial charge >= 0.3 is 0 Å². The van der Waals surface area contributed by atoms with Gasteiger partial charge in [0, 0.05) is 37.4 Å². The first kappa shape index (κ1) is 16.1. The standard InChI is InChI=1S/C16H24ClN3O/c1-19(2)16(21)14-8-7-12(17)10-15(14)18-11-13-6-4-5-9-20(13)3/h7-8,10,13,18H,4-6,9,11H2,1-3H3. The maximum absolute atomic E-state index is 12.2. The second-order valence-electron chi connectivity index (χ2n) is 5.90. The Labute approximate surface area is 132 Å². The summed E-state index contributed by atoms with van der Waals surface area (Å²) >= 11 is 6.08. The summed E-state index contributed by atoms with van der Waals surface area (Å²) in [5, 5.41) is 4.06. The van der Waals surface area contributed by atoms with E-state index in [2.05, 4.69) is 17.3 Å². The number of likely N-dealkylation sites (tertiary alicyclic amines) is 1. The minimum absolute atomic E-state index is 0.00818. The number of hydrogen-bond donors (Lipinski definition) is 1. The summed E-state index contributed by atoms with van der Waals surface area (Å²) in [6.07, 6.45) is 3.74. The summed E-state index contributed by atoms with van der Waals surface area (Å²) in [7, 11) is 5.68. The normalized spacial score (nSPS) is 19.3. The van der Waals surface area contributed by atoms with E-state index >= 15 is 0 Å². The number of rotatable bonds is 4. The molecule has 1 amide bonds. The molecule has 0 aromatic heterocycles. The van der Waals surface area contributed by atoms with Gasteiger partial charge in [-0.25, -0.2) is 0 Å². The lowest BCUT2D eigenvalue weighted by molar-refractivity contribution is 0.0828. The fourth-order valence-corrected chi connectivity index (χ4v) is 2.89. The van der Waals surface area contributed by atoms with Crippen molar-refractivity contribution < 1.29 is 4.79 Å². The van der Waals surface area contributed by atoms with Crippen LogP contribution in [0.5, 0.6) is 0 Å². The van der Waals surface area contributed by atoms with Crippen LogP contribution in [0.3, 0.4) is 0 Å². The first-order chi connectivity index (χ1) is 9.99. The molecule has 0 radical (unpaired) electrons. The number of halogens is 1. The minimum Gasteiger partial charge on any atom is -0.383 e. The molecule has 1 atom stereocenters. The van der Waals surface area contributed by atoms with Crippen molar-refractivity contribution >= 4 is 23.2 Å². The smallest absolute Gasteiger partial charge is 0.255 e. The Bertz CT molecular complexity index is 504. The Kier molecular flexibility index (Phi) is 5.48. The zero-order valence-electron chi connectivity index (χ0n) is 13.0. The summed E-state index contributed by atoms with van der Waals surface area (Å²) in [4.78, 5) is 16.2. The molecule has 1 aliphatic heterocycles. The molecular formula is C16H24ClN3O. The largest absolute Gasteiger partial charge is 0.383 e. The second kappa shape index (κ2) is 7.14. The van der Waals surface area contributed by atoms with Crippen molar-refractivity contribution in [3.63, 3.8) is 0 Å². The fourth-order valence-electron chi connectivity index (χ4n) is 2.72. The Morgan fingerprint density at radius 1 is 1.43 bits per heavy atom. The van der Waals surface area contributed by atoms with Crippen molar-refractivity contribution in [3.8, 4) is 0 Å². The molecule has 1 aliphatic rings. The topological polar surface area (TPSA) is 35.6 Å². The van der Waals surface area contributed by atoms with E-state index in [9.17, 15) is 4.79 Å². The van der Waals surface area contributed by atoms with E-state index < -0.39 is 0 Å². The van der Waals surface area contributed by atoms with Crippen molar-refractivity contribution in [2.75, 3.05) is 39.5 Å². The molecular weight excluding hydrogens is 286 g/mol. The van der Waals surface area contributed by atoms with E-state index in [0.29, 0.717) is 16.6 Å². The Balaban J connectivity index is 2.11. The van der Waals surface area contributed by atoms with Crippen LogP contribution in [0.1, 0.15) is 29.6 Å². The van der Waals surface area contributed by atoms with E-state index in [0.717, 1.165) is 18.8 Å². The van der Waals surface area contributed by atoms with E-state index in [-0.39, 0.29) is 5.91 Å². The van der Waals surface area contributed by atoms with Crippen LogP contribution in [0.15, 0.2) is 18.2 Å². The Hall–Kier alpha value is -1.26. The molecule has 0 saturated carbocycles. The third-order valence-corrected chi connectivity index (χ3v) is 4.30. The van der Waals surface area contributed by atoms with Crippen molar-refractivity contribution in [2.45, 2.75) is 25.3 Å². The molecule has 1 N–H and O–H groups in total. The molecule has 1 aromatic carbocycles. The predicted molar refractivity (Wildman–Crippen MR) is 88.2 cm³/mol. The number of piperidine rings is 1. The molecule has 2 rings (SSSR count). The predicted octanol–water partition coefficient (Wildman–Crippen LogP) is 2.94. The summed E-state index contributed by atoms with van der Waals surface area (Å²) in [6.45, 7) is 1.98. The van der Waals surface area contributed by atoms with Gasteiger partial charge in [0.2, 0.25) is 0 Å². The minimum atomic E-state index is -0.00818. The van der Waals surface area contributed by atoms with E-state index in [1.54, 1.807) is 31.1 Å². The van der Waals surface area contributed by atoms with Gasteiger partial charge in [-0.05, 0) is 44.6 Å². The highest BCUT2D eigenvalue weighted by atomic mass is 35.5. The van der Waals surface area contributed by atoms with E-state index in [1.807, 2.05) is 6.07 Å². The number of amides is 1. The van der Waals surface area contributed by atoms with Gasteiger partial charge in [-0.1, -0.05) is 18.0 Å². The molecule has 1 unspecified atom stereocenters. The molecule has 5 heteroatoms. The number of nitrogens with zero attached hydrogens (tertiary/aromatic N) is 2. The number of benzene rings is 1. The lowest BCUT2D eigenvalue weighted by Gasteiger charge is -2.33. The molecule has 0 bridgehead atoms. The molecule has 0 spiro atoms. The number of carbonyl (C=O) groups excluding carboxylic acids is 1. The third kappa shape index (κ3) is 4.11. The van der Waals surface area contributed by atoms with Gasteiger partial charge in [-0.15, -0.1) is 0 Å². The number of anilines is 1. The summed E-state index contributed by atoms with van der Waals surface area (Å²) in [6, 6.07) is 5.90. The van der Waals surface area contributed by atoms with Crippen molar-refractivity contribution in [3.05, 3.63) is 28.8 Å². The second-order valence-corrected chi connectivity index (χ2v) is 6.34. The maximum atomic E-state index is 12.2. The van der Waals surface area contributed by atoms with Gasteiger partial charge in [0.1, 0.15) is 0 Å². The maximum Gasteiger partial charge on any atom is 0.255 e. The lowest BCUT2D eigenvalue weighted by Crippen LogP contribution is -2.41. The number of likely N-dealkylation sites (N-methyl/N-ethyl adjacent to an activating group) is 1. The monoisotopic (exact) mass is 309 g/mol. The van der Waals surface area contributed by atoms with Gasteiger partial charge < -0.3 is 15.1 Å². The number of carbonyl (C=O) groups is 1. The first-order valence-corrected chi connectivity index (χ1v) is 7.82. The third-order valence-electron chi connectivity index (χ3n) is 4.07. The molecule has 1 fully saturated rings. The van der Waals surface area contributed by atoms with Gasteiger partial charge in [-0.2, -0.15) is 0 Å². The Morgan fingerprint density at radius 3 is 2.86 bits per heavy atom. The van der Waals surface area contributed by atoms with Crippen LogP contribution < -0.4 is 5.32 Å².